The summed E-state index contributed by atoms with van der Waals surface area (Å²) in [5, 5.41) is 13.9. The highest BCUT2D eigenvalue weighted by Crippen LogP contribution is 2.31. The van der Waals surface area contributed by atoms with E-state index in [4.69, 9.17) is 27.3 Å². The molecule has 1 aromatic heterocycles. The van der Waals surface area contributed by atoms with Crippen molar-refractivity contribution in [3.05, 3.63) is 37.7 Å². The lowest BCUT2D eigenvalue weighted by Gasteiger charge is -2.12. The zero-order valence-corrected chi connectivity index (χ0v) is 14.6. The molecule has 0 aliphatic heterocycles. The van der Waals surface area contributed by atoms with Crippen molar-refractivity contribution >= 4 is 39.9 Å². The Morgan fingerprint density at radius 1 is 1.52 bits per heavy atom. The number of anilines is 1. The second kappa shape index (κ2) is 6.54. The first-order valence-corrected chi connectivity index (χ1v) is 7.77. The van der Waals surface area contributed by atoms with E-state index in [0.29, 0.717) is 28.6 Å². The zero-order chi connectivity index (χ0) is 15.6. The maximum absolute atomic E-state index is 8.91. The molecule has 2 rings (SSSR count). The molecule has 1 heterocycles. The number of aryl methyl sites for hydroxylation is 2. The minimum Gasteiger partial charge on any atom is -0.484 e. The molecule has 0 aliphatic carbocycles. The van der Waals surface area contributed by atoms with Crippen LogP contribution in [0.3, 0.4) is 0 Å². The highest BCUT2D eigenvalue weighted by Gasteiger charge is 2.15. The van der Waals surface area contributed by atoms with Gasteiger partial charge in [-0.2, -0.15) is 10.4 Å². The quantitative estimate of drug-likeness (QED) is 0.611. The molecule has 0 amide bonds. The Labute approximate surface area is 141 Å². The number of halogens is 2. The van der Waals surface area contributed by atoms with Crippen LogP contribution in [0.1, 0.15) is 23.9 Å². The fourth-order valence-electron chi connectivity index (χ4n) is 1.98. The number of nitrogen functional groups attached to an aromatic ring is 1. The zero-order valence-electron chi connectivity index (χ0n) is 11.7. The van der Waals surface area contributed by atoms with Crippen LogP contribution in [0.2, 0.25) is 5.02 Å². The third-order valence-electron chi connectivity index (χ3n) is 3.01. The predicted molar refractivity (Wildman–Crippen MR) is 90.3 cm³/mol. The van der Waals surface area contributed by atoms with Crippen LogP contribution < -0.4 is 10.5 Å². The SMILES string of the molecule is CCn1nc(C)c(Cl)c1COc1c(N)cc(C#N)cc1I. The van der Waals surface area contributed by atoms with Crippen LogP contribution in [0.15, 0.2) is 12.1 Å². The van der Waals surface area contributed by atoms with Crippen molar-refractivity contribution in [3.8, 4) is 11.8 Å². The number of hydrogen-bond donors (Lipinski definition) is 1. The first kappa shape index (κ1) is 15.9. The molecule has 0 unspecified atom stereocenters. The predicted octanol–water partition coefficient (Wildman–Crippen LogP) is 3.50. The Balaban J connectivity index is 2.27. The highest BCUT2D eigenvalue weighted by molar-refractivity contribution is 14.1. The fraction of sp³-hybridized carbons (Fsp3) is 0.286. The van der Waals surface area contributed by atoms with E-state index in [1.807, 2.05) is 18.5 Å². The Bertz CT molecular complexity index is 697. The molecule has 0 bridgehead atoms. The van der Waals surface area contributed by atoms with E-state index < -0.39 is 0 Å². The Hall–Kier alpha value is -1.46. The van der Waals surface area contributed by atoms with Crippen molar-refractivity contribution in [3.63, 3.8) is 0 Å². The maximum Gasteiger partial charge on any atom is 0.156 e. The van der Waals surface area contributed by atoms with Gasteiger partial charge in [0.05, 0.1) is 37.3 Å². The van der Waals surface area contributed by atoms with E-state index in [1.165, 1.54) is 0 Å². The van der Waals surface area contributed by atoms with Crippen LogP contribution in [0.25, 0.3) is 0 Å². The van der Waals surface area contributed by atoms with Crippen LogP contribution in [-0.4, -0.2) is 9.78 Å². The molecule has 0 atom stereocenters. The van der Waals surface area contributed by atoms with Gasteiger partial charge in [0.1, 0.15) is 6.61 Å². The standard InChI is InChI=1S/C14H14ClIN4O/c1-3-20-12(13(15)8(2)19-20)7-21-14-10(16)4-9(6-17)5-11(14)18/h4-5H,3,7,18H2,1-2H3. The molecule has 21 heavy (non-hydrogen) atoms. The average molecular weight is 417 g/mol. The number of rotatable bonds is 4. The third-order valence-corrected chi connectivity index (χ3v) is 4.30. The molecule has 2 N–H and O–H groups in total. The smallest absolute Gasteiger partial charge is 0.156 e. The van der Waals surface area contributed by atoms with E-state index in [1.54, 1.807) is 12.1 Å². The van der Waals surface area contributed by atoms with Crippen molar-refractivity contribution < 1.29 is 4.74 Å². The first-order chi connectivity index (χ1) is 9.97. The molecule has 7 heteroatoms. The second-order valence-corrected chi connectivity index (χ2v) is 5.98. The van der Waals surface area contributed by atoms with Crippen LogP contribution in [0.4, 0.5) is 5.69 Å². The summed E-state index contributed by atoms with van der Waals surface area (Å²) in [5.41, 5.74) is 8.48. The topological polar surface area (TPSA) is 76.9 Å². The summed E-state index contributed by atoms with van der Waals surface area (Å²) in [6.45, 7) is 4.84. The average Bonchev–Trinajstić information content (AvgIpc) is 2.73. The van der Waals surface area contributed by atoms with Crippen LogP contribution in [-0.2, 0) is 13.2 Å². The number of benzene rings is 1. The van der Waals surface area contributed by atoms with Crippen molar-refractivity contribution in [2.75, 3.05) is 5.73 Å². The molecule has 110 valence electrons. The lowest BCUT2D eigenvalue weighted by molar-refractivity contribution is 0.292. The van der Waals surface area contributed by atoms with E-state index >= 15 is 0 Å². The van der Waals surface area contributed by atoms with Gasteiger partial charge in [-0.25, -0.2) is 0 Å². The number of nitrogens with zero attached hydrogens (tertiary/aromatic N) is 3. The van der Waals surface area contributed by atoms with Crippen LogP contribution in [0.5, 0.6) is 5.75 Å². The number of nitrogens with two attached hydrogens (primary N) is 1. The molecule has 0 saturated heterocycles. The summed E-state index contributed by atoms with van der Waals surface area (Å²) in [7, 11) is 0. The van der Waals surface area contributed by atoms with Gasteiger partial charge in [0, 0.05) is 6.54 Å². The summed E-state index contributed by atoms with van der Waals surface area (Å²) in [5.74, 6) is 0.562. The van der Waals surface area contributed by atoms with Gasteiger partial charge < -0.3 is 10.5 Å². The van der Waals surface area contributed by atoms with Gasteiger partial charge in [0.25, 0.3) is 0 Å². The molecule has 2 aromatic rings. The van der Waals surface area contributed by atoms with Crippen molar-refractivity contribution in [1.29, 1.82) is 5.26 Å². The normalized spacial score (nSPS) is 10.4. The molecule has 0 spiro atoms. The Morgan fingerprint density at radius 3 is 2.81 bits per heavy atom. The molecule has 0 radical (unpaired) electrons. The second-order valence-electron chi connectivity index (χ2n) is 4.44. The molecule has 0 saturated carbocycles. The van der Waals surface area contributed by atoms with E-state index in [0.717, 1.165) is 15.0 Å². The van der Waals surface area contributed by atoms with Crippen molar-refractivity contribution in [2.45, 2.75) is 27.0 Å². The summed E-state index contributed by atoms with van der Waals surface area (Å²) >= 11 is 8.34. The minimum absolute atomic E-state index is 0.277. The van der Waals surface area contributed by atoms with Crippen LogP contribution in [0, 0.1) is 21.8 Å². The first-order valence-electron chi connectivity index (χ1n) is 6.31. The molecular weight excluding hydrogens is 403 g/mol. The lowest BCUT2D eigenvalue weighted by atomic mass is 10.2. The minimum atomic E-state index is 0.277. The van der Waals surface area contributed by atoms with E-state index in [2.05, 4.69) is 33.8 Å². The summed E-state index contributed by atoms with van der Waals surface area (Å²) in [6, 6.07) is 5.40. The van der Waals surface area contributed by atoms with E-state index in [-0.39, 0.29) is 6.61 Å². The summed E-state index contributed by atoms with van der Waals surface area (Å²) in [6.07, 6.45) is 0. The summed E-state index contributed by atoms with van der Waals surface area (Å²) in [4.78, 5) is 0. The molecule has 0 fully saturated rings. The number of ether oxygens (including phenoxy) is 1. The van der Waals surface area contributed by atoms with Gasteiger partial charge in [-0.05, 0) is 48.6 Å². The van der Waals surface area contributed by atoms with Gasteiger partial charge in [-0.3, -0.25) is 4.68 Å². The lowest BCUT2D eigenvalue weighted by Crippen LogP contribution is -2.08. The third kappa shape index (κ3) is 3.24. The Kier molecular flexibility index (Phi) is 4.96. The number of aromatic nitrogens is 2. The Morgan fingerprint density at radius 2 is 2.24 bits per heavy atom. The van der Waals surface area contributed by atoms with Crippen LogP contribution >= 0.6 is 34.2 Å². The van der Waals surface area contributed by atoms with Crippen molar-refractivity contribution in [2.24, 2.45) is 0 Å². The van der Waals surface area contributed by atoms with Gasteiger partial charge >= 0.3 is 0 Å². The van der Waals surface area contributed by atoms with Crippen molar-refractivity contribution in [1.82, 2.24) is 9.78 Å². The van der Waals surface area contributed by atoms with Gasteiger partial charge in [0.15, 0.2) is 5.75 Å². The van der Waals surface area contributed by atoms with Gasteiger partial charge in [-0.1, -0.05) is 11.6 Å². The van der Waals surface area contributed by atoms with E-state index in [9.17, 15) is 0 Å². The monoisotopic (exact) mass is 416 g/mol. The fourth-order valence-corrected chi connectivity index (χ4v) is 2.97. The molecule has 1 aromatic carbocycles. The molecular formula is C14H14ClIN4O. The van der Waals surface area contributed by atoms with Gasteiger partial charge in [-0.15, -0.1) is 0 Å². The number of hydrogen-bond acceptors (Lipinski definition) is 4. The summed E-state index contributed by atoms with van der Waals surface area (Å²) < 4.78 is 8.40. The maximum atomic E-state index is 8.91. The number of nitriles is 1. The molecule has 0 aliphatic rings. The largest absolute Gasteiger partial charge is 0.484 e. The molecule has 5 nitrogen and oxygen atoms in total. The highest BCUT2D eigenvalue weighted by atomic mass is 127. The van der Waals surface area contributed by atoms with Gasteiger partial charge in [0.2, 0.25) is 0 Å².